The number of fused-ring (bicyclic) bond motifs is 1. The Labute approximate surface area is 195 Å². The molecule has 172 valence electrons. The minimum Gasteiger partial charge on any atom is -0.444 e. The monoisotopic (exact) mass is 454 g/mol. The van der Waals surface area contributed by atoms with Crippen LogP contribution in [-0.4, -0.2) is 64.6 Å². The van der Waals surface area contributed by atoms with E-state index in [9.17, 15) is 9.59 Å². The van der Waals surface area contributed by atoms with Gasteiger partial charge in [0.1, 0.15) is 5.60 Å². The van der Waals surface area contributed by atoms with Gasteiger partial charge in [-0.3, -0.25) is 4.79 Å². The number of carbonyl (C=O) groups is 2. The van der Waals surface area contributed by atoms with Crippen molar-refractivity contribution in [3.63, 3.8) is 0 Å². The summed E-state index contributed by atoms with van der Waals surface area (Å²) in [5.41, 5.74) is 0.203. The molecule has 2 aromatic carbocycles. The molecule has 5 nitrogen and oxygen atoms in total. The predicted octanol–water partition coefficient (Wildman–Crippen LogP) is 5.43. The maximum absolute atomic E-state index is 13.5. The first-order valence-electron chi connectivity index (χ1n) is 11.7. The van der Waals surface area contributed by atoms with Gasteiger partial charge in [0.25, 0.3) is 5.91 Å². The summed E-state index contributed by atoms with van der Waals surface area (Å²) >= 11 is 1.97. The second-order valence-electron chi connectivity index (χ2n) is 9.91. The van der Waals surface area contributed by atoms with Crippen LogP contribution in [0.5, 0.6) is 0 Å². The minimum absolute atomic E-state index is 0.0239. The minimum atomic E-state index is -0.529. The van der Waals surface area contributed by atoms with Gasteiger partial charge >= 0.3 is 6.09 Å². The van der Waals surface area contributed by atoms with E-state index >= 15 is 0 Å². The third-order valence-corrected chi connectivity index (χ3v) is 7.30. The fourth-order valence-corrected chi connectivity index (χ4v) is 5.46. The third kappa shape index (κ3) is 5.77. The van der Waals surface area contributed by atoms with Crippen LogP contribution in [0.3, 0.4) is 0 Å². The second kappa shape index (κ2) is 9.74. The molecule has 2 fully saturated rings. The molecule has 32 heavy (non-hydrogen) atoms. The lowest BCUT2D eigenvalue weighted by Gasteiger charge is -2.42. The highest BCUT2D eigenvalue weighted by atomic mass is 32.2. The van der Waals surface area contributed by atoms with Crippen LogP contribution in [0.15, 0.2) is 42.5 Å². The van der Waals surface area contributed by atoms with Crippen LogP contribution in [0.25, 0.3) is 10.8 Å². The average Bonchev–Trinajstić information content (AvgIpc) is 3.59. The summed E-state index contributed by atoms with van der Waals surface area (Å²) in [6, 6.07) is 13.9. The number of carbonyl (C=O) groups excluding carboxylic acids is 2. The molecule has 4 rings (SSSR count). The first kappa shape index (κ1) is 23.0. The first-order chi connectivity index (χ1) is 15.3. The van der Waals surface area contributed by atoms with Gasteiger partial charge in [-0.2, -0.15) is 11.8 Å². The van der Waals surface area contributed by atoms with Crippen molar-refractivity contribution in [3.05, 3.63) is 48.0 Å². The van der Waals surface area contributed by atoms with Crippen LogP contribution < -0.4 is 0 Å². The van der Waals surface area contributed by atoms with Gasteiger partial charge in [0, 0.05) is 25.2 Å². The number of piperazine rings is 1. The fourth-order valence-electron chi connectivity index (χ4n) is 4.18. The lowest BCUT2D eigenvalue weighted by Crippen LogP contribution is -2.57. The Morgan fingerprint density at radius 2 is 1.81 bits per heavy atom. The predicted molar refractivity (Wildman–Crippen MR) is 131 cm³/mol. The quantitative estimate of drug-likeness (QED) is 0.546. The summed E-state index contributed by atoms with van der Waals surface area (Å²) in [6.45, 7) is 7.25. The molecule has 0 radical (unpaired) electrons. The van der Waals surface area contributed by atoms with Crippen molar-refractivity contribution in [1.82, 2.24) is 9.80 Å². The number of thioether (sulfide) groups is 1. The van der Waals surface area contributed by atoms with Crippen molar-refractivity contribution in [2.45, 2.75) is 51.7 Å². The Kier molecular flexibility index (Phi) is 6.99. The lowest BCUT2D eigenvalue weighted by molar-refractivity contribution is -0.000994. The number of hydrogen-bond acceptors (Lipinski definition) is 4. The molecule has 2 amide bonds. The molecule has 1 heterocycles. The molecule has 0 spiro atoms. The Hall–Kier alpha value is -2.21. The number of nitrogens with zero attached hydrogens (tertiary/aromatic N) is 2. The smallest absolute Gasteiger partial charge is 0.410 e. The summed E-state index contributed by atoms with van der Waals surface area (Å²) < 4.78 is 5.68. The van der Waals surface area contributed by atoms with Crippen LogP contribution >= 0.6 is 11.8 Å². The maximum Gasteiger partial charge on any atom is 0.410 e. The second-order valence-corrected chi connectivity index (χ2v) is 11.1. The number of benzene rings is 2. The van der Waals surface area contributed by atoms with Crippen LogP contribution in [0.4, 0.5) is 4.79 Å². The normalized spacial score (nSPS) is 19.3. The van der Waals surface area contributed by atoms with Gasteiger partial charge < -0.3 is 14.5 Å². The molecule has 0 bridgehead atoms. The Bertz CT molecular complexity index is 962. The molecule has 6 heteroatoms. The molecule has 1 saturated carbocycles. The molecule has 0 unspecified atom stereocenters. The van der Waals surface area contributed by atoms with Crippen molar-refractivity contribution in [2.75, 3.05) is 31.1 Å². The van der Waals surface area contributed by atoms with E-state index in [1.54, 1.807) is 0 Å². The van der Waals surface area contributed by atoms with Gasteiger partial charge in [-0.25, -0.2) is 4.79 Å². The Balaban J connectivity index is 1.47. The van der Waals surface area contributed by atoms with Gasteiger partial charge in [-0.15, -0.1) is 0 Å². The zero-order valence-corrected chi connectivity index (χ0v) is 20.2. The standard InChI is InChI=1S/C26H34N2O3S/c1-26(2,3)31-25(30)28-15-14-27(17-21(28)13-16-32-18-19-11-12-19)24(29)23-10-6-8-20-7-4-5-9-22(20)23/h4-10,19,21H,11-18H2,1-3H3/t21-/m0/s1. The van der Waals surface area contributed by atoms with E-state index in [-0.39, 0.29) is 18.0 Å². The van der Waals surface area contributed by atoms with Crippen molar-refractivity contribution in [1.29, 1.82) is 0 Å². The van der Waals surface area contributed by atoms with E-state index < -0.39 is 5.60 Å². The summed E-state index contributed by atoms with van der Waals surface area (Å²) in [5.74, 6) is 3.13. The van der Waals surface area contributed by atoms with E-state index in [0.29, 0.717) is 19.6 Å². The molecule has 0 N–H and O–H groups in total. The first-order valence-corrected chi connectivity index (χ1v) is 12.8. The molecule has 1 atom stereocenters. The number of ether oxygens (including phenoxy) is 1. The molecule has 1 saturated heterocycles. The number of amides is 2. The number of hydrogen-bond donors (Lipinski definition) is 0. The van der Waals surface area contributed by atoms with Gasteiger partial charge in [-0.1, -0.05) is 36.4 Å². The molecule has 1 aliphatic heterocycles. The zero-order valence-electron chi connectivity index (χ0n) is 19.4. The summed E-state index contributed by atoms with van der Waals surface area (Å²) in [7, 11) is 0. The fraction of sp³-hybridized carbons (Fsp3) is 0.538. The van der Waals surface area contributed by atoms with E-state index in [0.717, 1.165) is 34.4 Å². The van der Waals surface area contributed by atoms with Crippen LogP contribution in [0.1, 0.15) is 50.4 Å². The molecule has 1 aliphatic carbocycles. The van der Waals surface area contributed by atoms with Crippen molar-refractivity contribution in [3.8, 4) is 0 Å². The van der Waals surface area contributed by atoms with Gasteiger partial charge in [-0.05, 0) is 74.3 Å². The van der Waals surface area contributed by atoms with Crippen molar-refractivity contribution in [2.24, 2.45) is 5.92 Å². The van der Waals surface area contributed by atoms with E-state index in [2.05, 4.69) is 0 Å². The molecule has 2 aliphatic rings. The van der Waals surface area contributed by atoms with Crippen LogP contribution in [0.2, 0.25) is 0 Å². The van der Waals surface area contributed by atoms with E-state index in [4.69, 9.17) is 4.74 Å². The summed E-state index contributed by atoms with van der Waals surface area (Å²) in [4.78, 5) is 30.1. The van der Waals surface area contributed by atoms with E-state index in [1.807, 2.05) is 84.8 Å². The van der Waals surface area contributed by atoms with Gasteiger partial charge in [0.2, 0.25) is 0 Å². The largest absolute Gasteiger partial charge is 0.444 e. The van der Waals surface area contributed by atoms with Crippen molar-refractivity contribution >= 4 is 34.5 Å². The highest BCUT2D eigenvalue weighted by Gasteiger charge is 2.35. The molecule has 0 aromatic heterocycles. The highest BCUT2D eigenvalue weighted by Crippen LogP contribution is 2.33. The van der Waals surface area contributed by atoms with Crippen LogP contribution in [0, 0.1) is 5.92 Å². The molecular weight excluding hydrogens is 420 g/mol. The topological polar surface area (TPSA) is 49.9 Å². The molecular formula is C26H34N2O3S. The molecule has 2 aromatic rings. The summed E-state index contributed by atoms with van der Waals surface area (Å²) in [6.07, 6.45) is 3.31. The number of rotatable bonds is 6. The highest BCUT2D eigenvalue weighted by molar-refractivity contribution is 7.99. The SMILES string of the molecule is CC(C)(C)OC(=O)N1CCN(C(=O)c2cccc3ccccc23)C[C@@H]1CCSCC1CC1. The summed E-state index contributed by atoms with van der Waals surface area (Å²) in [5, 5.41) is 2.05. The Morgan fingerprint density at radius 1 is 1.06 bits per heavy atom. The van der Waals surface area contributed by atoms with E-state index in [1.165, 1.54) is 18.6 Å². The van der Waals surface area contributed by atoms with Crippen LogP contribution in [-0.2, 0) is 4.74 Å². The van der Waals surface area contributed by atoms with Crippen molar-refractivity contribution < 1.29 is 14.3 Å². The van der Waals surface area contributed by atoms with Gasteiger partial charge in [0.15, 0.2) is 0 Å². The lowest BCUT2D eigenvalue weighted by atomic mass is 10.0. The van der Waals surface area contributed by atoms with Gasteiger partial charge in [0.05, 0.1) is 6.04 Å². The average molecular weight is 455 g/mol. The Morgan fingerprint density at radius 3 is 2.56 bits per heavy atom. The third-order valence-electron chi connectivity index (χ3n) is 6.06. The maximum atomic E-state index is 13.5. The zero-order chi connectivity index (χ0) is 22.7.